The number of anilines is 1. The van der Waals surface area contributed by atoms with Gasteiger partial charge in [-0.05, 0) is 24.1 Å². The van der Waals surface area contributed by atoms with Gasteiger partial charge < -0.3 is 4.74 Å². The predicted octanol–water partition coefficient (Wildman–Crippen LogP) is 4.63. The molecule has 2 aromatic carbocycles. The van der Waals surface area contributed by atoms with E-state index in [2.05, 4.69) is 27.6 Å². The van der Waals surface area contributed by atoms with Gasteiger partial charge in [0.1, 0.15) is 5.75 Å². The highest BCUT2D eigenvalue weighted by molar-refractivity contribution is 8.00. The van der Waals surface area contributed by atoms with Gasteiger partial charge in [-0.25, -0.2) is 0 Å². The molecule has 7 heteroatoms. The van der Waals surface area contributed by atoms with Gasteiger partial charge in [-0.3, -0.25) is 10.1 Å². The molecule has 1 heterocycles. The van der Waals surface area contributed by atoms with E-state index >= 15 is 0 Å². The number of thioether (sulfide) groups is 1. The van der Waals surface area contributed by atoms with Gasteiger partial charge in [0, 0.05) is 5.75 Å². The molecular weight excluding hydrogens is 366 g/mol. The Bertz CT molecular complexity index is 825. The van der Waals surface area contributed by atoms with Crippen molar-refractivity contribution < 1.29 is 9.53 Å². The van der Waals surface area contributed by atoms with Gasteiger partial charge in [-0.2, -0.15) is 0 Å². The summed E-state index contributed by atoms with van der Waals surface area (Å²) in [7, 11) is 0. The minimum atomic E-state index is -0.568. The van der Waals surface area contributed by atoms with E-state index < -0.39 is 6.10 Å². The number of ether oxygens (including phenoxy) is 1. The molecule has 134 valence electrons. The third-order valence-electron chi connectivity index (χ3n) is 3.53. The lowest BCUT2D eigenvalue weighted by Crippen LogP contribution is -2.32. The van der Waals surface area contributed by atoms with E-state index in [1.54, 1.807) is 11.8 Å². The Morgan fingerprint density at radius 3 is 2.50 bits per heavy atom. The van der Waals surface area contributed by atoms with Crippen LogP contribution in [-0.2, 0) is 10.5 Å². The standard InChI is InChI=1S/C19H19N3O2S2/c1-2-16(24-15-11-7-4-8-12-15)17(23)20-18-21-22-19(26-18)25-13-14-9-5-3-6-10-14/h3-12,16H,2,13H2,1H3,(H,20,21,23). The van der Waals surface area contributed by atoms with Crippen LogP contribution < -0.4 is 10.1 Å². The molecule has 0 aliphatic carbocycles. The maximum absolute atomic E-state index is 12.4. The van der Waals surface area contributed by atoms with E-state index in [0.717, 1.165) is 10.1 Å². The van der Waals surface area contributed by atoms with Gasteiger partial charge in [-0.1, -0.05) is 78.6 Å². The van der Waals surface area contributed by atoms with Crippen LogP contribution in [0.1, 0.15) is 18.9 Å². The number of benzene rings is 2. The van der Waals surface area contributed by atoms with Crippen molar-refractivity contribution in [3.63, 3.8) is 0 Å². The highest BCUT2D eigenvalue weighted by atomic mass is 32.2. The van der Waals surface area contributed by atoms with Crippen molar-refractivity contribution in [3.8, 4) is 5.75 Å². The second-order valence-electron chi connectivity index (χ2n) is 5.46. The molecule has 0 saturated carbocycles. The molecule has 1 amide bonds. The lowest BCUT2D eigenvalue weighted by molar-refractivity contribution is -0.122. The topological polar surface area (TPSA) is 64.1 Å². The van der Waals surface area contributed by atoms with Crippen molar-refractivity contribution in [2.24, 2.45) is 0 Å². The molecule has 0 radical (unpaired) electrons. The number of para-hydroxylation sites is 1. The van der Waals surface area contributed by atoms with Crippen LogP contribution in [0.3, 0.4) is 0 Å². The Morgan fingerprint density at radius 2 is 1.81 bits per heavy atom. The van der Waals surface area contributed by atoms with Crippen molar-refractivity contribution in [3.05, 3.63) is 66.2 Å². The van der Waals surface area contributed by atoms with Crippen LogP contribution in [0.15, 0.2) is 65.0 Å². The average Bonchev–Trinajstić information content (AvgIpc) is 3.13. The molecule has 0 saturated heterocycles. The average molecular weight is 386 g/mol. The molecule has 5 nitrogen and oxygen atoms in total. The minimum absolute atomic E-state index is 0.216. The Labute approximate surface area is 160 Å². The van der Waals surface area contributed by atoms with Crippen LogP contribution in [-0.4, -0.2) is 22.2 Å². The monoisotopic (exact) mass is 385 g/mol. The molecule has 0 aliphatic rings. The first kappa shape index (κ1) is 18.4. The molecule has 1 aromatic heterocycles. The predicted molar refractivity (Wildman–Crippen MR) is 106 cm³/mol. The van der Waals surface area contributed by atoms with Gasteiger partial charge in [0.25, 0.3) is 5.91 Å². The third-order valence-corrected chi connectivity index (χ3v) is 5.57. The molecule has 0 bridgehead atoms. The first-order valence-corrected chi connectivity index (χ1v) is 10.1. The maximum Gasteiger partial charge on any atom is 0.267 e. The molecule has 0 fully saturated rings. The molecule has 3 rings (SSSR count). The third kappa shape index (κ3) is 5.31. The van der Waals surface area contributed by atoms with E-state index in [-0.39, 0.29) is 5.91 Å². The summed E-state index contributed by atoms with van der Waals surface area (Å²) in [5.41, 5.74) is 1.22. The number of hydrogen-bond acceptors (Lipinski definition) is 6. The molecule has 1 unspecified atom stereocenters. The van der Waals surface area contributed by atoms with E-state index in [4.69, 9.17) is 4.74 Å². The maximum atomic E-state index is 12.4. The van der Waals surface area contributed by atoms with Crippen molar-refractivity contribution in [2.75, 3.05) is 5.32 Å². The summed E-state index contributed by atoms with van der Waals surface area (Å²) in [5.74, 6) is 1.27. The van der Waals surface area contributed by atoms with Crippen LogP contribution in [0.5, 0.6) is 5.75 Å². The Balaban J connectivity index is 1.54. The molecule has 3 aromatic rings. The number of nitrogens with one attached hydrogen (secondary N) is 1. The van der Waals surface area contributed by atoms with Gasteiger partial charge in [-0.15, -0.1) is 10.2 Å². The molecule has 26 heavy (non-hydrogen) atoms. The van der Waals surface area contributed by atoms with Crippen LogP contribution in [0.25, 0.3) is 0 Å². The summed E-state index contributed by atoms with van der Waals surface area (Å²) >= 11 is 2.97. The Morgan fingerprint density at radius 1 is 1.12 bits per heavy atom. The van der Waals surface area contributed by atoms with Gasteiger partial charge in [0.05, 0.1) is 0 Å². The van der Waals surface area contributed by atoms with E-state index in [0.29, 0.717) is 17.3 Å². The van der Waals surface area contributed by atoms with Crippen molar-refractivity contribution in [2.45, 2.75) is 29.5 Å². The van der Waals surface area contributed by atoms with Gasteiger partial charge in [0.15, 0.2) is 10.4 Å². The number of carbonyl (C=O) groups excluding carboxylic acids is 1. The van der Waals surface area contributed by atoms with Crippen LogP contribution in [0.4, 0.5) is 5.13 Å². The number of nitrogens with zero attached hydrogens (tertiary/aromatic N) is 2. The SMILES string of the molecule is CCC(Oc1ccccc1)C(=O)Nc1nnc(SCc2ccccc2)s1. The summed E-state index contributed by atoms with van der Waals surface area (Å²) in [4.78, 5) is 12.4. The summed E-state index contributed by atoms with van der Waals surface area (Å²) in [6.07, 6.45) is -0.00322. The molecule has 0 aliphatic heterocycles. The number of aromatic nitrogens is 2. The van der Waals surface area contributed by atoms with Crippen LogP contribution >= 0.6 is 23.1 Å². The molecular formula is C19H19N3O2S2. The summed E-state index contributed by atoms with van der Waals surface area (Å²) in [5, 5.41) is 11.5. The van der Waals surface area contributed by atoms with E-state index in [1.807, 2.05) is 55.5 Å². The lowest BCUT2D eigenvalue weighted by Gasteiger charge is -2.16. The highest BCUT2D eigenvalue weighted by Crippen LogP contribution is 2.28. The fourth-order valence-electron chi connectivity index (χ4n) is 2.21. The van der Waals surface area contributed by atoms with Gasteiger partial charge in [0.2, 0.25) is 5.13 Å². The van der Waals surface area contributed by atoms with Gasteiger partial charge >= 0.3 is 0 Å². The van der Waals surface area contributed by atoms with Crippen LogP contribution in [0, 0.1) is 0 Å². The second-order valence-corrected chi connectivity index (χ2v) is 7.66. The van der Waals surface area contributed by atoms with Crippen molar-refractivity contribution >= 4 is 34.1 Å². The second kappa shape index (κ2) is 9.35. The van der Waals surface area contributed by atoms with Crippen LogP contribution in [0.2, 0.25) is 0 Å². The smallest absolute Gasteiger partial charge is 0.267 e. The quantitative estimate of drug-likeness (QED) is 0.452. The number of amides is 1. The molecule has 1 N–H and O–H groups in total. The first-order valence-electron chi connectivity index (χ1n) is 8.27. The molecule has 0 spiro atoms. The van der Waals surface area contributed by atoms with E-state index in [1.165, 1.54) is 16.9 Å². The fraction of sp³-hybridized carbons (Fsp3) is 0.211. The summed E-state index contributed by atoms with van der Waals surface area (Å²) in [6.45, 7) is 1.91. The zero-order chi connectivity index (χ0) is 18.2. The zero-order valence-electron chi connectivity index (χ0n) is 14.3. The van der Waals surface area contributed by atoms with E-state index in [9.17, 15) is 4.79 Å². The molecule has 1 atom stereocenters. The number of hydrogen-bond donors (Lipinski definition) is 1. The number of carbonyl (C=O) groups is 1. The lowest BCUT2D eigenvalue weighted by atomic mass is 10.2. The fourth-order valence-corrected chi connectivity index (χ4v) is 3.92. The first-order chi connectivity index (χ1) is 12.7. The summed E-state index contributed by atoms with van der Waals surface area (Å²) < 4.78 is 6.57. The number of rotatable bonds is 8. The Kier molecular flexibility index (Phi) is 6.62. The van der Waals surface area contributed by atoms with Crippen molar-refractivity contribution in [1.29, 1.82) is 0 Å². The van der Waals surface area contributed by atoms with Crippen molar-refractivity contribution in [1.82, 2.24) is 10.2 Å². The highest BCUT2D eigenvalue weighted by Gasteiger charge is 2.20. The summed E-state index contributed by atoms with van der Waals surface area (Å²) in [6, 6.07) is 19.5. The largest absolute Gasteiger partial charge is 0.481 e. The zero-order valence-corrected chi connectivity index (χ0v) is 15.9. The minimum Gasteiger partial charge on any atom is -0.481 e. The normalized spacial score (nSPS) is 11.7. The Hall–Kier alpha value is -2.38.